The number of hydrogen-bond acceptors (Lipinski definition) is 2. The second-order valence-corrected chi connectivity index (χ2v) is 4.88. The Balaban J connectivity index is 2.50. The van der Waals surface area contributed by atoms with Crippen molar-refractivity contribution in [3.8, 4) is 0 Å². The van der Waals surface area contributed by atoms with Gasteiger partial charge in [-0.15, -0.1) is 0 Å². The van der Waals surface area contributed by atoms with E-state index in [1.807, 2.05) is 25.1 Å². The fourth-order valence-corrected chi connectivity index (χ4v) is 1.82. The molecule has 4 heteroatoms. The molecule has 0 fully saturated rings. The molecule has 0 unspecified atom stereocenters. The molecule has 0 aromatic heterocycles. The molecule has 3 N–H and O–H groups in total. The van der Waals surface area contributed by atoms with Gasteiger partial charge in [0.05, 0.1) is 0 Å². The number of benzene rings is 1. The summed E-state index contributed by atoms with van der Waals surface area (Å²) in [5.74, 6) is -0.00469. The summed E-state index contributed by atoms with van der Waals surface area (Å²) in [6, 6.07) is 5.74. The Bertz CT molecular complexity index is 366. The number of hydrogen-bond donors (Lipinski definition) is 2. The van der Waals surface area contributed by atoms with Crippen molar-refractivity contribution < 1.29 is 4.79 Å². The first-order valence-electron chi connectivity index (χ1n) is 5.39. The van der Waals surface area contributed by atoms with Crippen LogP contribution in [0, 0.1) is 10.5 Å². The highest BCUT2D eigenvalue weighted by atomic mass is 127. The smallest absolute Gasteiger partial charge is 0.251 e. The molecule has 88 valence electrons. The SMILES string of the molecule is Cc1ccc(C(=O)NCCCCN)cc1I. The quantitative estimate of drug-likeness (QED) is 0.641. The van der Waals surface area contributed by atoms with Gasteiger partial charge in [-0.2, -0.15) is 0 Å². The molecule has 0 saturated carbocycles. The third kappa shape index (κ3) is 4.09. The average molecular weight is 332 g/mol. The number of carbonyl (C=O) groups excluding carboxylic acids is 1. The molecular weight excluding hydrogens is 315 g/mol. The number of halogens is 1. The third-order valence-corrected chi connectivity index (χ3v) is 3.51. The molecule has 0 heterocycles. The highest BCUT2D eigenvalue weighted by Crippen LogP contribution is 2.13. The van der Waals surface area contributed by atoms with Crippen molar-refractivity contribution in [1.29, 1.82) is 0 Å². The second kappa shape index (κ2) is 6.85. The average Bonchev–Trinajstić information content (AvgIpc) is 2.28. The normalized spacial score (nSPS) is 10.2. The summed E-state index contributed by atoms with van der Waals surface area (Å²) in [6.07, 6.45) is 1.89. The van der Waals surface area contributed by atoms with E-state index in [4.69, 9.17) is 5.73 Å². The molecule has 0 spiro atoms. The third-order valence-electron chi connectivity index (χ3n) is 2.35. The van der Waals surface area contributed by atoms with Gasteiger partial charge in [0.2, 0.25) is 0 Å². The van der Waals surface area contributed by atoms with E-state index >= 15 is 0 Å². The lowest BCUT2D eigenvalue weighted by Gasteiger charge is -2.06. The maximum atomic E-state index is 11.7. The molecule has 1 aromatic rings. The predicted molar refractivity (Wildman–Crippen MR) is 74.5 cm³/mol. The lowest BCUT2D eigenvalue weighted by molar-refractivity contribution is 0.0953. The molecule has 0 bridgehead atoms. The van der Waals surface area contributed by atoms with Gasteiger partial charge >= 0.3 is 0 Å². The van der Waals surface area contributed by atoms with Crippen molar-refractivity contribution >= 4 is 28.5 Å². The minimum atomic E-state index is -0.00469. The molecule has 1 aromatic carbocycles. The summed E-state index contributed by atoms with van der Waals surface area (Å²) in [5, 5.41) is 2.88. The highest BCUT2D eigenvalue weighted by Gasteiger charge is 2.05. The van der Waals surface area contributed by atoms with Gasteiger partial charge in [0.1, 0.15) is 0 Å². The Morgan fingerprint density at radius 2 is 2.19 bits per heavy atom. The van der Waals surface area contributed by atoms with Crippen molar-refractivity contribution in [2.24, 2.45) is 5.73 Å². The minimum Gasteiger partial charge on any atom is -0.352 e. The van der Waals surface area contributed by atoms with Gasteiger partial charge in [0.25, 0.3) is 5.91 Å². The van der Waals surface area contributed by atoms with Crippen LogP contribution in [-0.4, -0.2) is 19.0 Å². The van der Waals surface area contributed by atoms with Gasteiger partial charge in [-0.1, -0.05) is 6.07 Å². The standard InChI is InChI=1S/C12H17IN2O/c1-9-4-5-10(8-11(9)13)12(16)15-7-3-2-6-14/h4-5,8H,2-3,6-7,14H2,1H3,(H,15,16). The Labute approximate surface area is 110 Å². The number of unbranched alkanes of at least 4 members (excludes halogenated alkanes) is 1. The van der Waals surface area contributed by atoms with E-state index in [0.29, 0.717) is 13.1 Å². The summed E-state index contributed by atoms with van der Waals surface area (Å²) in [4.78, 5) is 11.7. The largest absolute Gasteiger partial charge is 0.352 e. The monoisotopic (exact) mass is 332 g/mol. The maximum absolute atomic E-state index is 11.7. The molecule has 0 radical (unpaired) electrons. The second-order valence-electron chi connectivity index (χ2n) is 3.72. The van der Waals surface area contributed by atoms with Crippen molar-refractivity contribution in [2.75, 3.05) is 13.1 Å². The van der Waals surface area contributed by atoms with E-state index in [1.54, 1.807) is 0 Å². The first-order valence-corrected chi connectivity index (χ1v) is 6.47. The van der Waals surface area contributed by atoms with Crippen molar-refractivity contribution in [2.45, 2.75) is 19.8 Å². The van der Waals surface area contributed by atoms with E-state index in [9.17, 15) is 4.79 Å². The van der Waals surface area contributed by atoms with E-state index in [0.717, 1.165) is 22.0 Å². The molecule has 0 atom stereocenters. The fraction of sp³-hybridized carbons (Fsp3) is 0.417. The number of nitrogens with two attached hydrogens (primary N) is 1. The predicted octanol–water partition coefficient (Wildman–Crippen LogP) is 2.07. The zero-order valence-corrected chi connectivity index (χ0v) is 11.6. The summed E-state index contributed by atoms with van der Waals surface area (Å²) >= 11 is 2.24. The van der Waals surface area contributed by atoms with Gasteiger partial charge in [-0.05, 0) is 66.6 Å². The number of carbonyl (C=O) groups is 1. The molecule has 0 aliphatic heterocycles. The topological polar surface area (TPSA) is 55.1 Å². The zero-order valence-electron chi connectivity index (χ0n) is 9.42. The van der Waals surface area contributed by atoms with Crippen LogP contribution in [0.15, 0.2) is 18.2 Å². The minimum absolute atomic E-state index is 0.00469. The lowest BCUT2D eigenvalue weighted by atomic mass is 10.1. The molecule has 1 amide bonds. The summed E-state index contributed by atoms with van der Waals surface area (Å²) in [5.41, 5.74) is 7.30. The molecule has 0 aliphatic carbocycles. The number of nitrogens with one attached hydrogen (secondary N) is 1. The van der Waals surface area contributed by atoms with E-state index < -0.39 is 0 Å². The van der Waals surface area contributed by atoms with Crippen LogP contribution in [0.2, 0.25) is 0 Å². The van der Waals surface area contributed by atoms with Gasteiger partial charge in [-0.3, -0.25) is 4.79 Å². The Hall–Kier alpha value is -0.620. The van der Waals surface area contributed by atoms with Crippen LogP contribution in [0.5, 0.6) is 0 Å². The van der Waals surface area contributed by atoms with Gasteiger partial charge < -0.3 is 11.1 Å². The first kappa shape index (κ1) is 13.4. The van der Waals surface area contributed by atoms with Gasteiger partial charge in [0.15, 0.2) is 0 Å². The number of amides is 1. The van der Waals surface area contributed by atoms with Crippen LogP contribution in [0.25, 0.3) is 0 Å². The summed E-state index contributed by atoms with van der Waals surface area (Å²) < 4.78 is 1.12. The van der Waals surface area contributed by atoms with Gasteiger partial charge in [-0.25, -0.2) is 0 Å². The Kier molecular flexibility index (Phi) is 5.76. The van der Waals surface area contributed by atoms with Gasteiger partial charge in [0, 0.05) is 15.7 Å². The van der Waals surface area contributed by atoms with E-state index in [2.05, 4.69) is 27.9 Å². The fourth-order valence-electron chi connectivity index (χ4n) is 1.31. The maximum Gasteiger partial charge on any atom is 0.251 e. The summed E-state index contributed by atoms with van der Waals surface area (Å²) in [6.45, 7) is 3.41. The van der Waals surface area contributed by atoms with Crippen LogP contribution in [-0.2, 0) is 0 Å². The molecule has 16 heavy (non-hydrogen) atoms. The Morgan fingerprint density at radius 1 is 1.44 bits per heavy atom. The molecule has 0 aliphatic rings. The molecule has 0 saturated heterocycles. The first-order chi connectivity index (χ1) is 7.65. The zero-order chi connectivity index (χ0) is 12.0. The van der Waals surface area contributed by atoms with Crippen molar-refractivity contribution in [1.82, 2.24) is 5.32 Å². The van der Waals surface area contributed by atoms with Crippen LogP contribution in [0.4, 0.5) is 0 Å². The molecular formula is C12H17IN2O. The summed E-state index contributed by atoms with van der Waals surface area (Å²) in [7, 11) is 0. The van der Waals surface area contributed by atoms with Crippen LogP contribution >= 0.6 is 22.6 Å². The van der Waals surface area contributed by atoms with Crippen LogP contribution in [0.1, 0.15) is 28.8 Å². The molecule has 3 nitrogen and oxygen atoms in total. The van der Waals surface area contributed by atoms with Crippen LogP contribution in [0.3, 0.4) is 0 Å². The number of rotatable bonds is 5. The number of aryl methyl sites for hydroxylation is 1. The van der Waals surface area contributed by atoms with E-state index in [1.165, 1.54) is 5.56 Å². The van der Waals surface area contributed by atoms with Crippen LogP contribution < -0.4 is 11.1 Å². The lowest BCUT2D eigenvalue weighted by Crippen LogP contribution is -2.24. The van der Waals surface area contributed by atoms with Crippen molar-refractivity contribution in [3.05, 3.63) is 32.9 Å². The van der Waals surface area contributed by atoms with Crippen molar-refractivity contribution in [3.63, 3.8) is 0 Å². The highest BCUT2D eigenvalue weighted by molar-refractivity contribution is 14.1. The molecule has 1 rings (SSSR count). The van der Waals surface area contributed by atoms with E-state index in [-0.39, 0.29) is 5.91 Å². The Morgan fingerprint density at radius 3 is 2.81 bits per heavy atom.